The zero-order valence-corrected chi connectivity index (χ0v) is 15.1. The van der Waals surface area contributed by atoms with Gasteiger partial charge in [-0.05, 0) is 50.1 Å². The minimum atomic E-state index is -0.486. The number of nitrogens with two attached hydrogens (primary N) is 1. The summed E-state index contributed by atoms with van der Waals surface area (Å²) in [6.07, 6.45) is 0. The molecule has 0 aliphatic heterocycles. The van der Waals surface area contributed by atoms with E-state index < -0.39 is 4.92 Å². The van der Waals surface area contributed by atoms with E-state index in [0.717, 1.165) is 16.7 Å². The highest BCUT2D eigenvalue weighted by Crippen LogP contribution is 2.27. The maximum Gasteiger partial charge on any atom is 0.293 e. The Hall–Kier alpha value is -2.44. The number of rotatable bonds is 6. The number of nitrogens with zero attached hydrogens (tertiary/aromatic N) is 1. The number of carbonyl (C=O) groups excluding carboxylic acids is 1. The molecule has 0 saturated heterocycles. The Balaban J connectivity index is 2.03. The van der Waals surface area contributed by atoms with Crippen LogP contribution in [0.4, 0.5) is 11.4 Å². The molecule has 3 N–H and O–H groups in total. The molecule has 0 fully saturated rings. The lowest BCUT2D eigenvalue weighted by molar-refractivity contribution is -0.682. The lowest BCUT2D eigenvalue weighted by Gasteiger charge is -2.12. The van der Waals surface area contributed by atoms with E-state index in [1.807, 2.05) is 37.4 Å². The number of aryl methyl sites for hydroxylation is 2. The van der Waals surface area contributed by atoms with Crippen LogP contribution in [-0.4, -0.2) is 17.4 Å². The molecular weight excluding hydrogens is 342 g/mol. The second-order valence-electron chi connectivity index (χ2n) is 6.04. The van der Waals surface area contributed by atoms with Crippen molar-refractivity contribution in [2.24, 2.45) is 0 Å². The molecular formula is C18H21ClN3O3+. The summed E-state index contributed by atoms with van der Waals surface area (Å²) in [5.41, 5.74) is 2.83. The van der Waals surface area contributed by atoms with Gasteiger partial charge in [-0.15, -0.1) is 0 Å². The Morgan fingerprint density at radius 1 is 1.28 bits per heavy atom. The molecule has 2 rings (SSSR count). The van der Waals surface area contributed by atoms with E-state index in [9.17, 15) is 14.9 Å². The molecule has 0 radical (unpaired) electrons. The zero-order chi connectivity index (χ0) is 18.6. The first-order valence-corrected chi connectivity index (χ1v) is 8.30. The molecule has 0 unspecified atom stereocenters. The Morgan fingerprint density at radius 3 is 2.60 bits per heavy atom. The van der Waals surface area contributed by atoms with Gasteiger partial charge < -0.3 is 10.6 Å². The minimum absolute atomic E-state index is 0.0409. The summed E-state index contributed by atoms with van der Waals surface area (Å²) >= 11 is 5.98. The number of nitro benzene ring substituents is 1. The van der Waals surface area contributed by atoms with Gasteiger partial charge in [0, 0.05) is 16.7 Å². The van der Waals surface area contributed by atoms with Gasteiger partial charge in [-0.1, -0.05) is 23.7 Å². The largest absolute Gasteiger partial charge is 0.333 e. The predicted molar refractivity (Wildman–Crippen MR) is 97.9 cm³/mol. The molecule has 132 valence electrons. The number of hydrogen-bond donors (Lipinski definition) is 2. The quantitative estimate of drug-likeness (QED) is 0.611. The van der Waals surface area contributed by atoms with Crippen molar-refractivity contribution in [2.75, 3.05) is 11.9 Å². The number of amides is 1. The third-order valence-corrected chi connectivity index (χ3v) is 4.35. The van der Waals surface area contributed by atoms with Gasteiger partial charge in [0.1, 0.15) is 11.7 Å². The first kappa shape index (κ1) is 18.9. The number of nitrogens with one attached hydrogen (secondary N) is 1. The second kappa shape index (κ2) is 8.09. The summed E-state index contributed by atoms with van der Waals surface area (Å²) in [5, 5.41) is 16.3. The maximum atomic E-state index is 12.2. The fraction of sp³-hybridized carbons (Fsp3) is 0.278. The third-order valence-electron chi connectivity index (χ3n) is 4.11. The average Bonchev–Trinajstić information content (AvgIpc) is 2.55. The fourth-order valence-electron chi connectivity index (χ4n) is 2.46. The number of benzene rings is 2. The van der Waals surface area contributed by atoms with Gasteiger partial charge in [0.25, 0.3) is 11.6 Å². The summed E-state index contributed by atoms with van der Waals surface area (Å²) in [6.45, 7) is 5.77. The third kappa shape index (κ3) is 5.01. The summed E-state index contributed by atoms with van der Waals surface area (Å²) in [4.78, 5) is 22.9. The first-order valence-electron chi connectivity index (χ1n) is 7.92. The molecule has 0 heterocycles. The van der Waals surface area contributed by atoms with Gasteiger partial charge in [0.2, 0.25) is 0 Å². The average molecular weight is 363 g/mol. The second-order valence-corrected chi connectivity index (χ2v) is 6.48. The molecule has 6 nitrogen and oxygen atoms in total. The van der Waals surface area contributed by atoms with Crippen molar-refractivity contribution in [1.29, 1.82) is 0 Å². The molecule has 2 aromatic carbocycles. The van der Waals surface area contributed by atoms with Crippen molar-refractivity contribution in [3.63, 3.8) is 0 Å². The van der Waals surface area contributed by atoms with E-state index in [1.54, 1.807) is 19.1 Å². The van der Waals surface area contributed by atoms with E-state index in [1.165, 1.54) is 6.07 Å². The molecule has 1 amide bonds. The normalized spacial score (nSPS) is 11.8. The van der Waals surface area contributed by atoms with Crippen LogP contribution in [0.3, 0.4) is 0 Å². The van der Waals surface area contributed by atoms with E-state index in [0.29, 0.717) is 5.02 Å². The van der Waals surface area contributed by atoms with Crippen molar-refractivity contribution >= 4 is 28.9 Å². The minimum Gasteiger partial charge on any atom is -0.333 e. The van der Waals surface area contributed by atoms with Gasteiger partial charge in [0.05, 0.1) is 4.92 Å². The van der Waals surface area contributed by atoms with E-state index in [2.05, 4.69) is 5.32 Å². The zero-order valence-electron chi connectivity index (χ0n) is 14.4. The Kier molecular flexibility index (Phi) is 6.12. The number of quaternary nitrogens is 1. The van der Waals surface area contributed by atoms with Crippen LogP contribution in [-0.2, 0) is 4.79 Å². The molecule has 0 spiro atoms. The van der Waals surface area contributed by atoms with E-state index in [-0.39, 0.29) is 29.9 Å². The summed E-state index contributed by atoms with van der Waals surface area (Å²) in [6, 6.07) is 10.6. The molecule has 0 aliphatic carbocycles. The van der Waals surface area contributed by atoms with Crippen LogP contribution in [0.5, 0.6) is 0 Å². The first-order chi connectivity index (χ1) is 11.8. The highest BCUT2D eigenvalue weighted by molar-refractivity contribution is 6.30. The number of halogens is 1. The smallest absolute Gasteiger partial charge is 0.293 e. The number of anilines is 1. The molecule has 0 saturated carbocycles. The van der Waals surface area contributed by atoms with Gasteiger partial charge >= 0.3 is 0 Å². The number of carbonyl (C=O) groups is 1. The van der Waals surface area contributed by atoms with Gasteiger partial charge in [-0.25, -0.2) is 0 Å². The monoisotopic (exact) mass is 362 g/mol. The SMILES string of the molecule is Cc1cc(NC(=O)C[NH2+][C@@H](C)c2cccc(Cl)c2)c([N+](=O)[O-])cc1C. The van der Waals surface area contributed by atoms with Crippen LogP contribution in [0.25, 0.3) is 0 Å². The van der Waals surface area contributed by atoms with Crippen LogP contribution in [0.1, 0.15) is 29.7 Å². The fourth-order valence-corrected chi connectivity index (χ4v) is 2.66. The van der Waals surface area contributed by atoms with Crippen LogP contribution >= 0.6 is 11.6 Å². The molecule has 1 atom stereocenters. The molecule has 25 heavy (non-hydrogen) atoms. The standard InChI is InChI=1S/C18H20ClN3O3/c1-11-7-16(17(22(24)25)8-12(11)2)21-18(23)10-20-13(3)14-5-4-6-15(19)9-14/h4-9,13,20H,10H2,1-3H3,(H,21,23)/p+1/t13-/m0/s1. The number of hydrogen-bond acceptors (Lipinski definition) is 3. The highest BCUT2D eigenvalue weighted by atomic mass is 35.5. The van der Waals surface area contributed by atoms with Crippen molar-refractivity contribution in [2.45, 2.75) is 26.8 Å². The van der Waals surface area contributed by atoms with Crippen LogP contribution in [0.15, 0.2) is 36.4 Å². The molecule has 0 bridgehead atoms. The lowest BCUT2D eigenvalue weighted by Crippen LogP contribution is -2.86. The molecule has 7 heteroatoms. The molecule has 0 aromatic heterocycles. The molecule has 2 aromatic rings. The summed E-state index contributed by atoms with van der Waals surface area (Å²) in [7, 11) is 0. The van der Waals surface area contributed by atoms with Crippen molar-refractivity contribution < 1.29 is 15.0 Å². The van der Waals surface area contributed by atoms with Gasteiger partial charge in [-0.3, -0.25) is 14.9 Å². The highest BCUT2D eigenvalue weighted by Gasteiger charge is 2.19. The van der Waals surface area contributed by atoms with Gasteiger partial charge in [-0.2, -0.15) is 0 Å². The Labute approximate surface area is 151 Å². The van der Waals surface area contributed by atoms with Crippen molar-refractivity contribution in [3.8, 4) is 0 Å². The van der Waals surface area contributed by atoms with Gasteiger partial charge in [0.15, 0.2) is 6.54 Å². The number of nitro groups is 1. The Bertz CT molecular complexity index is 808. The predicted octanol–water partition coefficient (Wildman–Crippen LogP) is 3.13. The summed E-state index contributed by atoms with van der Waals surface area (Å²) < 4.78 is 0. The van der Waals surface area contributed by atoms with Crippen LogP contribution in [0.2, 0.25) is 5.02 Å². The lowest BCUT2D eigenvalue weighted by atomic mass is 10.1. The van der Waals surface area contributed by atoms with Crippen molar-refractivity contribution in [3.05, 3.63) is 68.2 Å². The van der Waals surface area contributed by atoms with Crippen LogP contribution in [0, 0.1) is 24.0 Å². The van der Waals surface area contributed by atoms with E-state index >= 15 is 0 Å². The molecule has 0 aliphatic rings. The van der Waals surface area contributed by atoms with E-state index in [4.69, 9.17) is 11.6 Å². The Morgan fingerprint density at radius 2 is 1.96 bits per heavy atom. The maximum absolute atomic E-state index is 12.2. The summed E-state index contributed by atoms with van der Waals surface area (Å²) in [5.74, 6) is -0.291. The van der Waals surface area contributed by atoms with Crippen LogP contribution < -0.4 is 10.6 Å². The van der Waals surface area contributed by atoms with Crippen molar-refractivity contribution in [1.82, 2.24) is 0 Å². The topological polar surface area (TPSA) is 88.8 Å².